The molecule has 28 heavy (non-hydrogen) atoms. The first kappa shape index (κ1) is 22.9. The number of aromatic nitrogens is 3. The van der Waals surface area contributed by atoms with Crippen LogP contribution < -0.4 is 10.6 Å². The highest BCUT2D eigenvalue weighted by atomic mass is 127. The van der Waals surface area contributed by atoms with Crippen molar-refractivity contribution in [3.8, 4) is 0 Å². The summed E-state index contributed by atoms with van der Waals surface area (Å²) in [5.74, 6) is 1.91. The van der Waals surface area contributed by atoms with Crippen LogP contribution in [0, 0.1) is 5.41 Å². The van der Waals surface area contributed by atoms with Crippen LogP contribution >= 0.6 is 24.0 Å². The van der Waals surface area contributed by atoms with E-state index >= 15 is 0 Å². The summed E-state index contributed by atoms with van der Waals surface area (Å²) in [4.78, 5) is 4.85. The molecule has 0 atom stereocenters. The van der Waals surface area contributed by atoms with Crippen molar-refractivity contribution >= 4 is 35.6 Å². The summed E-state index contributed by atoms with van der Waals surface area (Å²) in [6, 6.07) is 5.97. The van der Waals surface area contributed by atoms with E-state index in [0.29, 0.717) is 5.41 Å². The first-order chi connectivity index (χ1) is 13.3. The summed E-state index contributed by atoms with van der Waals surface area (Å²) in [6.07, 6.45) is 8.83. The highest BCUT2D eigenvalue weighted by Crippen LogP contribution is 2.44. The van der Waals surface area contributed by atoms with Crippen molar-refractivity contribution in [2.75, 3.05) is 33.4 Å². The van der Waals surface area contributed by atoms with Crippen molar-refractivity contribution < 1.29 is 4.74 Å². The van der Waals surface area contributed by atoms with Gasteiger partial charge in [0.05, 0.1) is 0 Å². The molecule has 0 spiro atoms. The number of hydrogen-bond acceptors (Lipinski definition) is 4. The van der Waals surface area contributed by atoms with Gasteiger partial charge in [0.25, 0.3) is 0 Å². The maximum Gasteiger partial charge on any atom is 0.191 e. The van der Waals surface area contributed by atoms with Crippen LogP contribution in [0.5, 0.6) is 0 Å². The molecule has 8 heteroatoms. The molecule has 0 saturated heterocycles. The molecule has 2 N–H and O–H groups in total. The fourth-order valence-corrected chi connectivity index (χ4v) is 3.59. The number of halogens is 1. The molecule has 156 valence electrons. The molecule has 2 aromatic heterocycles. The third-order valence-corrected chi connectivity index (χ3v) is 5.42. The van der Waals surface area contributed by atoms with Crippen molar-refractivity contribution in [2.24, 2.45) is 10.4 Å². The molecular formula is C20H33IN6O. The quantitative estimate of drug-likeness (QED) is 0.227. The van der Waals surface area contributed by atoms with Gasteiger partial charge >= 0.3 is 0 Å². The summed E-state index contributed by atoms with van der Waals surface area (Å²) in [7, 11) is 1.78. The van der Waals surface area contributed by atoms with Crippen molar-refractivity contribution in [3.63, 3.8) is 0 Å². The molecule has 0 aromatic carbocycles. The summed E-state index contributed by atoms with van der Waals surface area (Å²) in [5.41, 5.74) is 1.25. The Bertz CT molecular complexity index is 743. The molecule has 1 aliphatic carbocycles. The Kier molecular flexibility index (Phi) is 9.43. The molecule has 0 aliphatic heterocycles. The van der Waals surface area contributed by atoms with Crippen LogP contribution in [-0.4, -0.2) is 53.9 Å². The number of aliphatic imine (C=N–C) groups is 1. The zero-order valence-electron chi connectivity index (χ0n) is 17.0. The smallest absolute Gasteiger partial charge is 0.191 e. The lowest BCUT2D eigenvalue weighted by Crippen LogP contribution is -2.40. The molecule has 1 saturated carbocycles. The average molecular weight is 500 g/mol. The van der Waals surface area contributed by atoms with E-state index in [1.165, 1.54) is 19.3 Å². The van der Waals surface area contributed by atoms with E-state index in [1.807, 2.05) is 24.4 Å². The predicted molar refractivity (Wildman–Crippen MR) is 123 cm³/mol. The number of pyridine rings is 1. The minimum Gasteiger partial charge on any atom is -0.385 e. The Morgan fingerprint density at radius 2 is 2.14 bits per heavy atom. The van der Waals surface area contributed by atoms with E-state index in [1.54, 1.807) is 7.11 Å². The number of guanidine groups is 1. The van der Waals surface area contributed by atoms with Gasteiger partial charge in [-0.3, -0.25) is 9.39 Å². The number of rotatable bonds is 10. The van der Waals surface area contributed by atoms with Gasteiger partial charge in [-0.1, -0.05) is 12.5 Å². The van der Waals surface area contributed by atoms with Crippen LogP contribution in [0.2, 0.25) is 0 Å². The Morgan fingerprint density at radius 3 is 2.86 bits per heavy atom. The topological polar surface area (TPSA) is 75.8 Å². The van der Waals surface area contributed by atoms with Crippen molar-refractivity contribution in [1.29, 1.82) is 0 Å². The third kappa shape index (κ3) is 6.04. The number of methoxy groups -OCH3 is 1. The molecule has 0 amide bonds. The molecule has 0 bridgehead atoms. The van der Waals surface area contributed by atoms with Crippen LogP contribution in [0.4, 0.5) is 0 Å². The van der Waals surface area contributed by atoms with Gasteiger partial charge in [-0.25, -0.2) is 0 Å². The number of nitrogens with one attached hydrogen (secondary N) is 2. The second-order valence-corrected chi connectivity index (χ2v) is 7.37. The predicted octanol–water partition coefficient (Wildman–Crippen LogP) is 3.04. The first-order valence-electron chi connectivity index (χ1n) is 10.1. The van der Waals surface area contributed by atoms with Gasteiger partial charge in [-0.2, -0.15) is 0 Å². The minimum atomic E-state index is 0. The van der Waals surface area contributed by atoms with Crippen molar-refractivity contribution in [3.05, 3.63) is 30.2 Å². The Hall–Kier alpha value is -1.42. The molecule has 3 rings (SSSR count). The van der Waals surface area contributed by atoms with Gasteiger partial charge < -0.3 is 15.4 Å². The van der Waals surface area contributed by atoms with E-state index in [-0.39, 0.29) is 24.0 Å². The number of ether oxygens (including phenoxy) is 1. The second-order valence-electron chi connectivity index (χ2n) is 7.37. The highest BCUT2D eigenvalue weighted by Gasteiger charge is 2.36. The normalized spacial score (nSPS) is 15.7. The van der Waals surface area contributed by atoms with Gasteiger partial charge in [-0.05, 0) is 50.2 Å². The van der Waals surface area contributed by atoms with E-state index in [0.717, 1.165) is 62.9 Å². The van der Waals surface area contributed by atoms with E-state index in [9.17, 15) is 0 Å². The zero-order valence-corrected chi connectivity index (χ0v) is 19.3. The Balaban J connectivity index is 0.00000280. The van der Waals surface area contributed by atoms with E-state index in [4.69, 9.17) is 9.73 Å². The summed E-state index contributed by atoms with van der Waals surface area (Å²) >= 11 is 0. The average Bonchev–Trinajstić information content (AvgIpc) is 3.07. The van der Waals surface area contributed by atoms with Gasteiger partial charge in [0.15, 0.2) is 11.6 Å². The SMILES string of the molecule is CCNC(=NCC1(CCOC)CCC1)NCCCc1nnc2ccccn12.I. The molecule has 7 nitrogen and oxygen atoms in total. The van der Waals surface area contributed by atoms with E-state index in [2.05, 4.69) is 32.2 Å². The van der Waals surface area contributed by atoms with Gasteiger partial charge in [0, 0.05) is 46.0 Å². The number of aryl methyl sites for hydroxylation is 1. The molecular weight excluding hydrogens is 467 g/mol. The number of nitrogens with zero attached hydrogens (tertiary/aromatic N) is 4. The van der Waals surface area contributed by atoms with Crippen molar-refractivity contribution in [2.45, 2.75) is 45.4 Å². The van der Waals surface area contributed by atoms with Crippen LogP contribution in [0.15, 0.2) is 29.4 Å². The van der Waals surface area contributed by atoms with Crippen LogP contribution in [-0.2, 0) is 11.2 Å². The van der Waals surface area contributed by atoms with Crippen LogP contribution in [0.1, 0.15) is 44.9 Å². The fraction of sp³-hybridized carbons (Fsp3) is 0.650. The lowest BCUT2D eigenvalue weighted by molar-refractivity contribution is 0.0778. The van der Waals surface area contributed by atoms with Gasteiger partial charge in [0.2, 0.25) is 0 Å². The molecule has 1 fully saturated rings. The monoisotopic (exact) mass is 500 g/mol. The molecule has 0 radical (unpaired) electrons. The summed E-state index contributed by atoms with van der Waals surface area (Å²) in [6.45, 7) is 5.53. The van der Waals surface area contributed by atoms with Gasteiger partial charge in [-0.15, -0.1) is 34.2 Å². The van der Waals surface area contributed by atoms with E-state index < -0.39 is 0 Å². The lowest BCUT2D eigenvalue weighted by atomic mass is 9.67. The highest BCUT2D eigenvalue weighted by molar-refractivity contribution is 14.0. The zero-order chi connectivity index (χ0) is 19.0. The first-order valence-corrected chi connectivity index (χ1v) is 10.1. The maximum absolute atomic E-state index is 5.28. The fourth-order valence-electron chi connectivity index (χ4n) is 3.59. The Morgan fingerprint density at radius 1 is 1.29 bits per heavy atom. The standard InChI is InChI=1S/C20H32N6O.HI/c1-3-21-19(23-16-20(10-7-11-20)12-15-27-2)22-13-6-9-18-25-24-17-8-4-5-14-26(17)18;/h4-5,8,14H,3,6-7,9-13,15-16H2,1-2H3,(H2,21,22,23);1H. The molecule has 1 aliphatic rings. The van der Waals surface area contributed by atoms with Crippen LogP contribution in [0.3, 0.4) is 0 Å². The lowest BCUT2D eigenvalue weighted by Gasteiger charge is -2.40. The summed E-state index contributed by atoms with van der Waals surface area (Å²) in [5, 5.41) is 15.3. The summed E-state index contributed by atoms with van der Waals surface area (Å²) < 4.78 is 7.33. The van der Waals surface area contributed by atoms with Crippen LogP contribution in [0.25, 0.3) is 5.65 Å². The third-order valence-electron chi connectivity index (χ3n) is 5.42. The largest absolute Gasteiger partial charge is 0.385 e. The Labute approximate surface area is 184 Å². The minimum absolute atomic E-state index is 0. The number of fused-ring (bicyclic) bond motifs is 1. The molecule has 2 aromatic rings. The maximum atomic E-state index is 5.28. The van der Waals surface area contributed by atoms with Gasteiger partial charge in [0.1, 0.15) is 5.82 Å². The van der Waals surface area contributed by atoms with Crippen molar-refractivity contribution in [1.82, 2.24) is 25.2 Å². The number of hydrogen-bond donors (Lipinski definition) is 2. The molecule has 2 heterocycles. The molecule has 0 unspecified atom stereocenters. The second kappa shape index (κ2) is 11.5.